The molecule has 4 nitrogen and oxygen atoms in total. The van der Waals surface area contributed by atoms with Gasteiger partial charge in [-0.2, -0.15) is 0 Å². The van der Waals surface area contributed by atoms with Crippen molar-refractivity contribution >= 4 is 11.5 Å². The fourth-order valence-corrected chi connectivity index (χ4v) is 2.12. The summed E-state index contributed by atoms with van der Waals surface area (Å²) in [5, 5.41) is 3.23. The molecule has 106 valence electrons. The number of hydrogen-bond acceptors (Lipinski definition) is 4. The third-order valence-corrected chi connectivity index (χ3v) is 3.06. The molecular weight excluding hydrogens is 250 g/mol. The fourth-order valence-electron chi connectivity index (χ4n) is 2.12. The van der Waals surface area contributed by atoms with Gasteiger partial charge in [-0.1, -0.05) is 18.2 Å². The number of anilines is 2. The zero-order valence-corrected chi connectivity index (χ0v) is 12.3. The van der Waals surface area contributed by atoms with E-state index in [-0.39, 0.29) is 0 Å². The molecule has 0 bridgehead atoms. The number of nitrogens with one attached hydrogen (secondary N) is 1. The van der Waals surface area contributed by atoms with E-state index in [4.69, 9.17) is 4.74 Å². The summed E-state index contributed by atoms with van der Waals surface area (Å²) >= 11 is 0. The third kappa shape index (κ3) is 3.41. The summed E-state index contributed by atoms with van der Waals surface area (Å²) in [4.78, 5) is 6.73. The first kappa shape index (κ1) is 14.2. The lowest BCUT2D eigenvalue weighted by Crippen LogP contribution is -2.18. The van der Waals surface area contributed by atoms with Crippen LogP contribution < -0.4 is 15.0 Å². The van der Waals surface area contributed by atoms with Gasteiger partial charge in [0.1, 0.15) is 11.6 Å². The minimum Gasteiger partial charge on any atom is -0.495 e. The van der Waals surface area contributed by atoms with Crippen LogP contribution in [0.15, 0.2) is 42.5 Å². The molecule has 2 rings (SSSR count). The molecule has 1 N–H and O–H groups in total. The van der Waals surface area contributed by atoms with Crippen LogP contribution in [-0.2, 0) is 6.54 Å². The van der Waals surface area contributed by atoms with Gasteiger partial charge in [-0.25, -0.2) is 4.98 Å². The summed E-state index contributed by atoms with van der Waals surface area (Å²) in [6, 6.07) is 14.0. The second kappa shape index (κ2) is 6.80. The molecule has 0 saturated heterocycles. The third-order valence-electron chi connectivity index (χ3n) is 3.06. The Hall–Kier alpha value is -2.23. The minimum atomic E-state index is 0.736. The average Bonchev–Trinajstić information content (AvgIpc) is 2.48. The maximum absolute atomic E-state index is 5.39. The van der Waals surface area contributed by atoms with E-state index in [1.165, 1.54) is 0 Å². The molecule has 0 aliphatic heterocycles. The summed E-state index contributed by atoms with van der Waals surface area (Å²) in [7, 11) is 3.73. The van der Waals surface area contributed by atoms with Gasteiger partial charge in [-0.3, -0.25) is 0 Å². The molecule has 0 fully saturated rings. The summed E-state index contributed by atoms with van der Waals surface area (Å²) in [6.07, 6.45) is 0. The number of ether oxygens (including phenoxy) is 1. The van der Waals surface area contributed by atoms with E-state index < -0.39 is 0 Å². The predicted octanol–water partition coefficient (Wildman–Crippen LogP) is 3.16. The van der Waals surface area contributed by atoms with Gasteiger partial charge in [0.25, 0.3) is 0 Å². The topological polar surface area (TPSA) is 37.4 Å². The summed E-state index contributed by atoms with van der Waals surface area (Å²) in [5.74, 6) is 1.79. The van der Waals surface area contributed by atoms with Crippen LogP contribution in [0.5, 0.6) is 5.75 Å². The quantitative estimate of drug-likeness (QED) is 0.875. The number of hydrogen-bond donors (Lipinski definition) is 1. The lowest BCUT2D eigenvalue weighted by atomic mass is 10.2. The molecule has 1 aromatic carbocycles. The SMILES string of the molecule is CCNc1cccc(CN(C)c2ccccc2OC)n1. The molecule has 0 spiro atoms. The number of methoxy groups -OCH3 is 1. The summed E-state index contributed by atoms with van der Waals surface area (Å²) in [6.45, 7) is 3.67. The molecular formula is C16H21N3O. The molecule has 0 saturated carbocycles. The van der Waals surface area contributed by atoms with Crippen molar-refractivity contribution in [1.82, 2.24) is 4.98 Å². The number of pyridine rings is 1. The Morgan fingerprint density at radius 1 is 1.15 bits per heavy atom. The van der Waals surface area contributed by atoms with Crippen molar-refractivity contribution < 1.29 is 4.74 Å². The molecule has 20 heavy (non-hydrogen) atoms. The Morgan fingerprint density at radius 2 is 1.95 bits per heavy atom. The molecule has 0 aliphatic rings. The van der Waals surface area contributed by atoms with Crippen molar-refractivity contribution in [2.75, 3.05) is 30.9 Å². The Balaban J connectivity index is 2.14. The molecule has 1 heterocycles. The highest BCUT2D eigenvalue weighted by Gasteiger charge is 2.08. The fraction of sp³-hybridized carbons (Fsp3) is 0.312. The van der Waals surface area contributed by atoms with Crippen molar-refractivity contribution in [3.63, 3.8) is 0 Å². The van der Waals surface area contributed by atoms with Crippen LogP contribution in [-0.4, -0.2) is 25.7 Å². The number of aromatic nitrogens is 1. The average molecular weight is 271 g/mol. The maximum Gasteiger partial charge on any atom is 0.142 e. The standard InChI is InChI=1S/C16H21N3O/c1-4-17-16-11-7-8-13(18-16)12-19(2)14-9-5-6-10-15(14)20-3/h5-11H,4,12H2,1-3H3,(H,17,18). The van der Waals surface area contributed by atoms with E-state index >= 15 is 0 Å². The van der Waals surface area contributed by atoms with Gasteiger partial charge >= 0.3 is 0 Å². The van der Waals surface area contributed by atoms with Crippen molar-refractivity contribution in [2.45, 2.75) is 13.5 Å². The highest BCUT2D eigenvalue weighted by atomic mass is 16.5. The molecule has 0 aliphatic carbocycles. The van der Waals surface area contributed by atoms with E-state index in [0.29, 0.717) is 0 Å². The number of benzene rings is 1. The van der Waals surface area contributed by atoms with Crippen molar-refractivity contribution in [3.05, 3.63) is 48.2 Å². The van der Waals surface area contributed by atoms with Crippen molar-refractivity contribution in [2.24, 2.45) is 0 Å². The zero-order chi connectivity index (χ0) is 14.4. The smallest absolute Gasteiger partial charge is 0.142 e. The molecule has 0 unspecified atom stereocenters. The van der Waals surface area contributed by atoms with Crippen LogP contribution in [0, 0.1) is 0 Å². The van der Waals surface area contributed by atoms with Crippen molar-refractivity contribution in [3.8, 4) is 5.75 Å². The first-order valence-corrected chi connectivity index (χ1v) is 6.78. The first-order chi connectivity index (χ1) is 9.74. The van der Waals surface area contributed by atoms with Gasteiger partial charge in [-0.15, -0.1) is 0 Å². The van der Waals surface area contributed by atoms with Crippen LogP contribution in [0.1, 0.15) is 12.6 Å². The minimum absolute atomic E-state index is 0.736. The van der Waals surface area contributed by atoms with Gasteiger partial charge in [-0.05, 0) is 31.2 Å². The lowest BCUT2D eigenvalue weighted by Gasteiger charge is -2.21. The second-order valence-corrected chi connectivity index (χ2v) is 4.57. The first-order valence-electron chi connectivity index (χ1n) is 6.78. The number of para-hydroxylation sites is 2. The van der Waals surface area contributed by atoms with Crippen molar-refractivity contribution in [1.29, 1.82) is 0 Å². The van der Waals surface area contributed by atoms with E-state index in [9.17, 15) is 0 Å². The molecule has 0 radical (unpaired) electrons. The Kier molecular flexibility index (Phi) is 4.82. The summed E-state index contributed by atoms with van der Waals surface area (Å²) in [5.41, 5.74) is 2.09. The number of nitrogens with zero attached hydrogens (tertiary/aromatic N) is 2. The van der Waals surface area contributed by atoms with E-state index in [2.05, 4.69) is 22.1 Å². The van der Waals surface area contributed by atoms with Crippen LogP contribution in [0.3, 0.4) is 0 Å². The molecule has 4 heteroatoms. The van der Waals surface area contributed by atoms with Crippen LogP contribution >= 0.6 is 0 Å². The van der Waals surface area contributed by atoms with Gasteiger partial charge in [0, 0.05) is 13.6 Å². The van der Waals surface area contributed by atoms with Crippen LogP contribution in [0.2, 0.25) is 0 Å². The van der Waals surface area contributed by atoms with Gasteiger partial charge in [0.2, 0.25) is 0 Å². The zero-order valence-electron chi connectivity index (χ0n) is 12.3. The molecule has 1 aromatic heterocycles. The Morgan fingerprint density at radius 3 is 2.70 bits per heavy atom. The Labute approximate surface area is 120 Å². The molecule has 2 aromatic rings. The highest BCUT2D eigenvalue weighted by Crippen LogP contribution is 2.27. The Bertz CT molecular complexity index is 557. The van der Waals surface area contributed by atoms with E-state index in [0.717, 1.165) is 36.0 Å². The lowest BCUT2D eigenvalue weighted by molar-refractivity contribution is 0.414. The molecule has 0 amide bonds. The maximum atomic E-state index is 5.39. The summed E-state index contributed by atoms with van der Waals surface area (Å²) < 4.78 is 5.39. The second-order valence-electron chi connectivity index (χ2n) is 4.57. The predicted molar refractivity (Wildman–Crippen MR) is 83.5 cm³/mol. The largest absolute Gasteiger partial charge is 0.495 e. The van der Waals surface area contributed by atoms with Crippen LogP contribution in [0.4, 0.5) is 11.5 Å². The van der Waals surface area contributed by atoms with Gasteiger partial charge < -0.3 is 15.0 Å². The van der Waals surface area contributed by atoms with Gasteiger partial charge in [0.15, 0.2) is 0 Å². The molecule has 0 atom stereocenters. The monoisotopic (exact) mass is 271 g/mol. The highest BCUT2D eigenvalue weighted by molar-refractivity contribution is 5.58. The number of rotatable bonds is 6. The van der Waals surface area contributed by atoms with E-state index in [1.807, 2.05) is 49.5 Å². The normalized spacial score (nSPS) is 10.2. The van der Waals surface area contributed by atoms with Crippen LogP contribution in [0.25, 0.3) is 0 Å². The van der Waals surface area contributed by atoms with Gasteiger partial charge in [0.05, 0.1) is 25.0 Å². The van der Waals surface area contributed by atoms with E-state index in [1.54, 1.807) is 7.11 Å².